The molecule has 0 N–H and O–H groups in total. The van der Waals surface area contributed by atoms with Gasteiger partial charge in [-0.15, -0.1) is 11.6 Å². The van der Waals surface area contributed by atoms with Crippen molar-refractivity contribution in [1.29, 1.82) is 0 Å². The van der Waals surface area contributed by atoms with Gasteiger partial charge in [-0.2, -0.15) is 0 Å². The van der Waals surface area contributed by atoms with Gasteiger partial charge in [0.05, 0.1) is 6.54 Å². The molecular weight excluding hydrogens is 250 g/mol. The van der Waals surface area contributed by atoms with Crippen LogP contribution >= 0.6 is 11.6 Å². The van der Waals surface area contributed by atoms with Crippen LogP contribution in [0.1, 0.15) is 37.7 Å². The van der Waals surface area contributed by atoms with Gasteiger partial charge in [0.15, 0.2) is 0 Å². The van der Waals surface area contributed by atoms with E-state index < -0.39 is 0 Å². The fourth-order valence-corrected chi connectivity index (χ4v) is 2.28. The van der Waals surface area contributed by atoms with Gasteiger partial charge in [0.2, 0.25) is 5.91 Å². The summed E-state index contributed by atoms with van der Waals surface area (Å²) in [5.41, 5.74) is 0. The molecule has 1 aliphatic carbocycles. The van der Waals surface area contributed by atoms with Crippen molar-refractivity contribution in [2.75, 3.05) is 12.9 Å². The zero-order valence-corrected chi connectivity index (χ0v) is 11.9. The van der Waals surface area contributed by atoms with Crippen LogP contribution in [-0.4, -0.2) is 23.7 Å². The molecule has 0 aromatic carbocycles. The number of hydrogen-bond donors (Lipinski definition) is 0. The largest absolute Gasteiger partial charge is 0.464 e. The third kappa shape index (κ3) is 2.89. The van der Waals surface area contributed by atoms with Crippen molar-refractivity contribution in [3.05, 3.63) is 23.7 Å². The van der Waals surface area contributed by atoms with Crippen LogP contribution in [-0.2, 0) is 11.3 Å². The van der Waals surface area contributed by atoms with E-state index in [0.29, 0.717) is 18.3 Å². The lowest BCUT2D eigenvalue weighted by atomic mass is 10.2. The molecule has 1 fully saturated rings. The molecular formula is C14H20ClNO2. The predicted molar refractivity (Wildman–Crippen MR) is 71.6 cm³/mol. The first-order valence-corrected chi connectivity index (χ1v) is 6.96. The molecule has 1 saturated carbocycles. The summed E-state index contributed by atoms with van der Waals surface area (Å²) in [5.74, 6) is 3.50. The second-order valence-corrected chi connectivity index (χ2v) is 5.68. The number of furan rings is 1. The summed E-state index contributed by atoms with van der Waals surface area (Å²) in [6.45, 7) is 4.58. The highest BCUT2D eigenvalue weighted by atomic mass is 35.5. The summed E-state index contributed by atoms with van der Waals surface area (Å²) >= 11 is 5.69. The van der Waals surface area contributed by atoms with Gasteiger partial charge in [-0.25, -0.2) is 0 Å². The first kappa shape index (κ1) is 13.5. The smallest absolute Gasteiger partial charge is 0.226 e. The lowest BCUT2D eigenvalue weighted by Gasteiger charge is -2.18. The van der Waals surface area contributed by atoms with Crippen molar-refractivity contribution in [2.24, 2.45) is 11.8 Å². The summed E-state index contributed by atoms with van der Waals surface area (Å²) in [5, 5.41) is 0. The Labute approximate surface area is 113 Å². The predicted octanol–water partition coefficient (Wildman–Crippen LogP) is 3.24. The molecule has 0 radical (unpaired) electrons. The molecule has 1 aromatic rings. The zero-order chi connectivity index (χ0) is 13.3. The molecule has 18 heavy (non-hydrogen) atoms. The van der Waals surface area contributed by atoms with Gasteiger partial charge in [-0.1, -0.05) is 13.8 Å². The van der Waals surface area contributed by atoms with Gasteiger partial charge in [0, 0.05) is 24.8 Å². The molecule has 1 aromatic heterocycles. The lowest BCUT2D eigenvalue weighted by Crippen LogP contribution is -2.31. The highest BCUT2D eigenvalue weighted by Gasteiger charge is 2.36. The number of halogens is 1. The lowest BCUT2D eigenvalue weighted by molar-refractivity contribution is -0.133. The van der Waals surface area contributed by atoms with Crippen LogP contribution in [0.3, 0.4) is 0 Å². The molecule has 4 heteroatoms. The Kier molecular flexibility index (Phi) is 4.00. The number of carbonyl (C=O) groups excluding carboxylic acids is 1. The van der Waals surface area contributed by atoms with Crippen molar-refractivity contribution in [1.82, 2.24) is 4.90 Å². The summed E-state index contributed by atoms with van der Waals surface area (Å²) < 4.78 is 5.79. The standard InChI is InChI=1S/C14H20ClNO2/c1-9-6-12(9)13-5-4-11(18-13)8-16(3)14(17)10(2)7-15/h4-5,9-10,12H,6-8H2,1-3H3. The van der Waals surface area contributed by atoms with Crippen LogP contribution in [0.4, 0.5) is 0 Å². The van der Waals surface area contributed by atoms with Crippen LogP contribution in [0.15, 0.2) is 16.5 Å². The molecule has 3 nitrogen and oxygen atoms in total. The average molecular weight is 270 g/mol. The van der Waals surface area contributed by atoms with E-state index in [4.69, 9.17) is 16.0 Å². The van der Waals surface area contributed by atoms with Crippen molar-refractivity contribution >= 4 is 17.5 Å². The Morgan fingerprint density at radius 2 is 2.28 bits per heavy atom. The fraction of sp³-hybridized carbons (Fsp3) is 0.643. The van der Waals surface area contributed by atoms with Gasteiger partial charge >= 0.3 is 0 Å². The van der Waals surface area contributed by atoms with E-state index in [1.54, 1.807) is 11.9 Å². The first-order chi connectivity index (χ1) is 8.52. The van der Waals surface area contributed by atoms with E-state index in [2.05, 4.69) is 6.92 Å². The van der Waals surface area contributed by atoms with Crippen molar-refractivity contribution in [3.8, 4) is 0 Å². The third-order valence-electron chi connectivity index (χ3n) is 3.58. The Balaban J connectivity index is 1.92. The maximum absolute atomic E-state index is 11.9. The zero-order valence-electron chi connectivity index (χ0n) is 11.1. The summed E-state index contributed by atoms with van der Waals surface area (Å²) in [4.78, 5) is 13.6. The summed E-state index contributed by atoms with van der Waals surface area (Å²) in [6, 6.07) is 4.00. The van der Waals surface area contributed by atoms with E-state index in [9.17, 15) is 4.79 Å². The summed E-state index contributed by atoms with van der Waals surface area (Å²) in [7, 11) is 1.79. The van der Waals surface area contributed by atoms with Crippen molar-refractivity contribution in [3.63, 3.8) is 0 Å². The fourth-order valence-electron chi connectivity index (χ4n) is 2.15. The van der Waals surface area contributed by atoms with E-state index in [0.717, 1.165) is 17.4 Å². The molecule has 100 valence electrons. The summed E-state index contributed by atoms with van der Waals surface area (Å²) in [6.07, 6.45) is 1.21. The van der Waals surface area contributed by atoms with E-state index >= 15 is 0 Å². The van der Waals surface area contributed by atoms with Gasteiger partial charge < -0.3 is 9.32 Å². The highest BCUT2D eigenvalue weighted by molar-refractivity contribution is 6.19. The Bertz CT molecular complexity index is 429. The number of nitrogens with zero attached hydrogens (tertiary/aromatic N) is 1. The molecule has 0 saturated heterocycles. The minimum Gasteiger partial charge on any atom is -0.464 e. The molecule has 1 aliphatic rings. The Morgan fingerprint density at radius 3 is 2.83 bits per heavy atom. The Hall–Kier alpha value is -0.960. The van der Waals surface area contributed by atoms with E-state index in [1.807, 2.05) is 19.1 Å². The van der Waals surface area contributed by atoms with Crippen LogP contribution in [0.25, 0.3) is 0 Å². The SMILES string of the molecule is CC(CCl)C(=O)N(C)Cc1ccc(C2CC2C)o1. The quantitative estimate of drug-likeness (QED) is 0.769. The minimum absolute atomic E-state index is 0.0581. The molecule has 0 spiro atoms. The third-order valence-corrected chi connectivity index (χ3v) is 4.04. The number of rotatable bonds is 5. The van der Waals surface area contributed by atoms with E-state index in [-0.39, 0.29) is 11.8 Å². The van der Waals surface area contributed by atoms with Gasteiger partial charge in [0.1, 0.15) is 11.5 Å². The van der Waals surface area contributed by atoms with Crippen molar-refractivity contribution < 1.29 is 9.21 Å². The number of alkyl halides is 1. The monoisotopic (exact) mass is 269 g/mol. The molecule has 1 heterocycles. The second kappa shape index (κ2) is 5.35. The minimum atomic E-state index is -0.144. The molecule has 0 aliphatic heterocycles. The van der Waals surface area contributed by atoms with Gasteiger partial charge in [-0.05, 0) is 24.5 Å². The van der Waals surface area contributed by atoms with Gasteiger partial charge in [0.25, 0.3) is 0 Å². The molecule has 3 unspecified atom stereocenters. The maximum atomic E-state index is 11.9. The van der Waals surface area contributed by atoms with Gasteiger partial charge in [-0.3, -0.25) is 4.79 Å². The van der Waals surface area contributed by atoms with Crippen LogP contribution in [0.2, 0.25) is 0 Å². The van der Waals surface area contributed by atoms with Crippen molar-refractivity contribution in [2.45, 2.75) is 32.7 Å². The molecule has 0 bridgehead atoms. The average Bonchev–Trinajstić information content (AvgIpc) is 2.90. The number of hydrogen-bond acceptors (Lipinski definition) is 2. The van der Waals surface area contributed by atoms with Crippen LogP contribution < -0.4 is 0 Å². The normalized spacial score (nSPS) is 23.8. The first-order valence-electron chi connectivity index (χ1n) is 6.42. The van der Waals surface area contributed by atoms with E-state index in [1.165, 1.54) is 6.42 Å². The molecule has 3 atom stereocenters. The highest BCUT2D eigenvalue weighted by Crippen LogP contribution is 2.47. The molecule has 1 amide bonds. The maximum Gasteiger partial charge on any atom is 0.226 e. The van der Waals surface area contributed by atoms with Crippen LogP contribution in [0, 0.1) is 11.8 Å². The van der Waals surface area contributed by atoms with Crippen LogP contribution in [0.5, 0.6) is 0 Å². The number of amides is 1. The Morgan fingerprint density at radius 1 is 1.61 bits per heavy atom. The second-order valence-electron chi connectivity index (χ2n) is 5.37. The number of carbonyl (C=O) groups is 1. The topological polar surface area (TPSA) is 33.5 Å². The molecule has 2 rings (SSSR count).